The first-order valence-electron chi connectivity index (χ1n) is 5.28. The lowest BCUT2D eigenvalue weighted by atomic mass is 10.2. The van der Waals surface area contributed by atoms with Crippen LogP contribution in [0.25, 0.3) is 0 Å². The fourth-order valence-electron chi connectivity index (χ4n) is 2.19. The quantitative estimate of drug-likeness (QED) is 0.614. The van der Waals surface area contributed by atoms with Gasteiger partial charge in [-0.25, -0.2) is 4.79 Å². The number of piperazine rings is 1. The van der Waals surface area contributed by atoms with Crippen molar-refractivity contribution in [1.82, 2.24) is 15.1 Å². The van der Waals surface area contributed by atoms with Gasteiger partial charge >= 0.3 is 6.03 Å². The maximum atomic E-state index is 11.3. The Balaban J connectivity index is 1.83. The number of carbonyl (C=O) groups excluding carboxylic acids is 1. The predicted octanol–water partition coefficient (Wildman–Crippen LogP) is -0.955. The third-order valence-corrected chi connectivity index (χ3v) is 3.00. The SMILES string of the molecule is NCCCN1CCN2C(=O)NCC2C1. The molecular formula is C9H18N4O. The van der Waals surface area contributed by atoms with Crippen molar-refractivity contribution in [1.29, 1.82) is 0 Å². The molecule has 1 unspecified atom stereocenters. The summed E-state index contributed by atoms with van der Waals surface area (Å²) < 4.78 is 0. The van der Waals surface area contributed by atoms with Gasteiger partial charge in [0.2, 0.25) is 0 Å². The molecule has 5 heteroatoms. The normalized spacial score (nSPS) is 27.6. The van der Waals surface area contributed by atoms with Crippen molar-refractivity contribution in [2.75, 3.05) is 39.3 Å². The Bertz CT molecular complexity index is 221. The van der Waals surface area contributed by atoms with Crippen molar-refractivity contribution in [2.45, 2.75) is 12.5 Å². The van der Waals surface area contributed by atoms with Gasteiger partial charge in [0, 0.05) is 26.2 Å². The van der Waals surface area contributed by atoms with Gasteiger partial charge in [0.25, 0.3) is 0 Å². The maximum absolute atomic E-state index is 11.3. The summed E-state index contributed by atoms with van der Waals surface area (Å²) >= 11 is 0. The van der Waals surface area contributed by atoms with Gasteiger partial charge in [-0.1, -0.05) is 0 Å². The molecule has 1 atom stereocenters. The van der Waals surface area contributed by atoms with Crippen LogP contribution in [0.1, 0.15) is 6.42 Å². The zero-order chi connectivity index (χ0) is 9.97. The van der Waals surface area contributed by atoms with Crippen LogP contribution in [0.4, 0.5) is 4.79 Å². The average molecular weight is 198 g/mol. The number of amides is 2. The smallest absolute Gasteiger partial charge is 0.317 e. The van der Waals surface area contributed by atoms with Crippen molar-refractivity contribution < 1.29 is 4.79 Å². The van der Waals surface area contributed by atoms with E-state index in [2.05, 4.69) is 10.2 Å². The Labute approximate surface area is 84.2 Å². The van der Waals surface area contributed by atoms with Gasteiger partial charge in [-0.2, -0.15) is 0 Å². The first-order valence-corrected chi connectivity index (χ1v) is 5.28. The number of hydrogen-bond donors (Lipinski definition) is 2. The van der Waals surface area contributed by atoms with E-state index < -0.39 is 0 Å². The molecule has 5 nitrogen and oxygen atoms in total. The molecule has 3 N–H and O–H groups in total. The van der Waals surface area contributed by atoms with E-state index in [1.807, 2.05) is 4.90 Å². The molecule has 2 rings (SSSR count). The van der Waals surface area contributed by atoms with Crippen LogP contribution in [0, 0.1) is 0 Å². The highest BCUT2D eigenvalue weighted by molar-refractivity contribution is 5.77. The van der Waals surface area contributed by atoms with Crippen molar-refractivity contribution in [3.63, 3.8) is 0 Å². The Kier molecular flexibility index (Phi) is 2.88. The lowest BCUT2D eigenvalue weighted by Crippen LogP contribution is -2.52. The lowest BCUT2D eigenvalue weighted by Gasteiger charge is -2.36. The summed E-state index contributed by atoms with van der Waals surface area (Å²) in [6.07, 6.45) is 1.05. The number of urea groups is 1. The number of nitrogens with two attached hydrogens (primary N) is 1. The number of nitrogens with zero attached hydrogens (tertiary/aromatic N) is 2. The molecule has 0 spiro atoms. The molecule has 0 aromatic heterocycles. The van der Waals surface area contributed by atoms with Crippen molar-refractivity contribution in [3.8, 4) is 0 Å². The fraction of sp³-hybridized carbons (Fsp3) is 0.889. The van der Waals surface area contributed by atoms with E-state index in [9.17, 15) is 4.79 Å². The van der Waals surface area contributed by atoms with E-state index >= 15 is 0 Å². The lowest BCUT2D eigenvalue weighted by molar-refractivity contribution is 0.121. The van der Waals surface area contributed by atoms with Gasteiger partial charge in [-0.05, 0) is 19.5 Å². The van der Waals surface area contributed by atoms with Crippen LogP contribution in [-0.4, -0.2) is 61.1 Å². The first kappa shape index (κ1) is 9.73. The van der Waals surface area contributed by atoms with E-state index in [0.29, 0.717) is 6.04 Å². The minimum Gasteiger partial charge on any atom is -0.336 e. The summed E-state index contributed by atoms with van der Waals surface area (Å²) in [5, 5.41) is 2.87. The highest BCUT2D eigenvalue weighted by Crippen LogP contribution is 2.13. The van der Waals surface area contributed by atoms with Crippen LogP contribution in [0.5, 0.6) is 0 Å². The van der Waals surface area contributed by atoms with E-state index in [0.717, 1.165) is 45.7 Å². The number of fused-ring (bicyclic) bond motifs is 1. The van der Waals surface area contributed by atoms with Gasteiger partial charge in [-0.3, -0.25) is 4.90 Å². The standard InChI is InChI=1S/C9H18N4O/c10-2-1-3-12-4-5-13-8(7-12)6-11-9(13)14/h8H,1-7,10H2,(H,11,14). The zero-order valence-corrected chi connectivity index (χ0v) is 8.41. The molecule has 2 saturated heterocycles. The summed E-state index contributed by atoms with van der Waals surface area (Å²) in [5.74, 6) is 0. The van der Waals surface area contributed by atoms with Gasteiger partial charge < -0.3 is 16.0 Å². The van der Waals surface area contributed by atoms with Crippen LogP contribution < -0.4 is 11.1 Å². The molecular weight excluding hydrogens is 180 g/mol. The highest BCUT2D eigenvalue weighted by Gasteiger charge is 2.34. The molecule has 0 radical (unpaired) electrons. The second-order valence-electron chi connectivity index (χ2n) is 3.98. The van der Waals surface area contributed by atoms with Crippen LogP contribution in [0.3, 0.4) is 0 Å². The summed E-state index contributed by atoms with van der Waals surface area (Å²) in [6.45, 7) is 5.47. The van der Waals surface area contributed by atoms with Crippen molar-refractivity contribution in [3.05, 3.63) is 0 Å². The van der Waals surface area contributed by atoms with E-state index in [-0.39, 0.29) is 6.03 Å². The molecule has 0 aliphatic carbocycles. The Hall–Kier alpha value is -0.810. The molecule has 0 aromatic carbocycles. The third kappa shape index (κ3) is 1.83. The van der Waals surface area contributed by atoms with Crippen molar-refractivity contribution in [2.24, 2.45) is 5.73 Å². The fourth-order valence-corrected chi connectivity index (χ4v) is 2.19. The molecule has 2 fully saturated rings. The number of nitrogens with one attached hydrogen (secondary N) is 1. The minimum absolute atomic E-state index is 0.105. The topological polar surface area (TPSA) is 61.6 Å². The molecule has 2 amide bonds. The third-order valence-electron chi connectivity index (χ3n) is 3.00. The molecule has 0 bridgehead atoms. The first-order chi connectivity index (χ1) is 6.81. The van der Waals surface area contributed by atoms with Crippen LogP contribution in [0.15, 0.2) is 0 Å². The van der Waals surface area contributed by atoms with Gasteiger partial charge in [0.1, 0.15) is 0 Å². The Morgan fingerprint density at radius 2 is 2.36 bits per heavy atom. The van der Waals surface area contributed by atoms with Crippen LogP contribution >= 0.6 is 0 Å². The summed E-state index contributed by atoms with van der Waals surface area (Å²) in [6, 6.07) is 0.488. The van der Waals surface area contributed by atoms with E-state index in [4.69, 9.17) is 5.73 Å². The summed E-state index contributed by atoms with van der Waals surface area (Å²) in [7, 11) is 0. The Morgan fingerprint density at radius 1 is 1.50 bits per heavy atom. The highest BCUT2D eigenvalue weighted by atomic mass is 16.2. The maximum Gasteiger partial charge on any atom is 0.317 e. The van der Waals surface area contributed by atoms with Gasteiger partial charge in [0.05, 0.1) is 6.04 Å². The number of hydrogen-bond acceptors (Lipinski definition) is 3. The molecule has 14 heavy (non-hydrogen) atoms. The number of rotatable bonds is 3. The molecule has 2 aliphatic rings. The van der Waals surface area contributed by atoms with Crippen LogP contribution in [-0.2, 0) is 0 Å². The largest absolute Gasteiger partial charge is 0.336 e. The molecule has 80 valence electrons. The second kappa shape index (κ2) is 4.14. The predicted molar refractivity (Wildman–Crippen MR) is 54.0 cm³/mol. The average Bonchev–Trinajstić information content (AvgIpc) is 2.57. The Morgan fingerprint density at radius 3 is 3.14 bits per heavy atom. The summed E-state index contributed by atoms with van der Waals surface area (Å²) in [5.41, 5.74) is 5.47. The van der Waals surface area contributed by atoms with Gasteiger partial charge in [0.15, 0.2) is 0 Å². The molecule has 2 aliphatic heterocycles. The van der Waals surface area contributed by atoms with Crippen molar-refractivity contribution >= 4 is 6.03 Å². The van der Waals surface area contributed by atoms with E-state index in [1.54, 1.807) is 0 Å². The van der Waals surface area contributed by atoms with E-state index in [1.165, 1.54) is 0 Å². The zero-order valence-electron chi connectivity index (χ0n) is 8.41. The molecule has 2 heterocycles. The monoisotopic (exact) mass is 198 g/mol. The number of carbonyl (C=O) groups is 1. The second-order valence-corrected chi connectivity index (χ2v) is 3.98. The van der Waals surface area contributed by atoms with Crippen LogP contribution in [0.2, 0.25) is 0 Å². The molecule has 0 aromatic rings. The minimum atomic E-state index is 0.105. The summed E-state index contributed by atoms with van der Waals surface area (Å²) in [4.78, 5) is 15.6. The van der Waals surface area contributed by atoms with Gasteiger partial charge in [-0.15, -0.1) is 0 Å². The molecule has 0 saturated carbocycles.